The molecule has 3 N–H and O–H groups in total. The highest BCUT2D eigenvalue weighted by atomic mass is 31.2. The minimum absolute atomic E-state index is 0.104. The first-order valence-corrected chi connectivity index (χ1v) is 37.0. The Bertz CT molecular complexity index is 1650. The van der Waals surface area contributed by atoms with Crippen LogP contribution in [0.1, 0.15) is 324 Å². The highest BCUT2D eigenvalue weighted by Crippen LogP contribution is 2.45. The van der Waals surface area contributed by atoms with E-state index in [1.165, 1.54) is 128 Å². The van der Waals surface area contributed by atoms with Crippen molar-refractivity contribution < 1.29 is 80.2 Å². The number of unbranched alkanes of at least 4 members (excludes halogenated alkanes) is 34. The average molecular weight is 1240 g/mol. The molecule has 0 fully saturated rings. The predicted octanol–water partition coefficient (Wildman–Crippen LogP) is 18.0. The molecule has 0 aliphatic heterocycles. The van der Waals surface area contributed by atoms with E-state index >= 15 is 0 Å². The van der Waals surface area contributed by atoms with Crippen molar-refractivity contribution >= 4 is 39.5 Å². The zero-order valence-electron chi connectivity index (χ0n) is 54.2. The van der Waals surface area contributed by atoms with Crippen LogP contribution < -0.4 is 0 Å². The number of phosphoric ester groups is 2. The zero-order chi connectivity index (χ0) is 62.2. The zero-order valence-corrected chi connectivity index (χ0v) is 56.0. The van der Waals surface area contributed by atoms with Gasteiger partial charge in [-0.1, -0.05) is 273 Å². The second-order valence-electron chi connectivity index (χ2n) is 24.5. The summed E-state index contributed by atoms with van der Waals surface area (Å²) >= 11 is 0. The molecule has 0 amide bonds. The molecule has 0 heterocycles. The molecule has 0 saturated carbocycles. The number of ether oxygens (including phenoxy) is 4. The van der Waals surface area contributed by atoms with Crippen molar-refractivity contribution in [2.75, 3.05) is 39.6 Å². The fraction of sp³-hybridized carbons (Fsp3) is 0.938. The second kappa shape index (κ2) is 57.5. The van der Waals surface area contributed by atoms with Gasteiger partial charge in [0.25, 0.3) is 0 Å². The molecule has 0 spiro atoms. The number of carbonyl (C=O) groups is 4. The molecule has 0 aromatic carbocycles. The highest BCUT2D eigenvalue weighted by Gasteiger charge is 2.30. The van der Waals surface area contributed by atoms with Gasteiger partial charge in [-0.05, 0) is 37.5 Å². The van der Waals surface area contributed by atoms with Crippen LogP contribution in [0.5, 0.6) is 0 Å². The summed E-state index contributed by atoms with van der Waals surface area (Å²) in [6, 6.07) is 0. The normalized spacial score (nSPS) is 14.3. The maximum Gasteiger partial charge on any atom is 0.472 e. The van der Waals surface area contributed by atoms with Gasteiger partial charge in [0, 0.05) is 25.7 Å². The van der Waals surface area contributed by atoms with E-state index in [0.717, 1.165) is 115 Å². The number of esters is 4. The number of aliphatic hydroxyl groups excluding tert-OH is 1. The summed E-state index contributed by atoms with van der Waals surface area (Å²) in [7, 11) is -9.89. The van der Waals surface area contributed by atoms with Gasteiger partial charge in [0.15, 0.2) is 12.2 Å². The van der Waals surface area contributed by atoms with Crippen LogP contribution in [0.2, 0.25) is 0 Å². The summed E-state index contributed by atoms with van der Waals surface area (Å²) in [4.78, 5) is 72.2. The van der Waals surface area contributed by atoms with Crippen molar-refractivity contribution in [3.8, 4) is 0 Å². The van der Waals surface area contributed by atoms with Crippen LogP contribution in [-0.2, 0) is 65.4 Å². The Morgan fingerprint density at radius 1 is 0.321 bits per heavy atom. The van der Waals surface area contributed by atoms with Crippen molar-refractivity contribution in [3.63, 3.8) is 0 Å². The minimum Gasteiger partial charge on any atom is -0.462 e. The minimum atomic E-state index is -4.95. The predicted molar refractivity (Wildman–Crippen MR) is 335 cm³/mol. The van der Waals surface area contributed by atoms with Crippen molar-refractivity contribution in [3.05, 3.63) is 0 Å². The number of rotatable bonds is 64. The lowest BCUT2D eigenvalue weighted by Crippen LogP contribution is -2.30. The number of hydrogen-bond acceptors (Lipinski definition) is 15. The average Bonchev–Trinajstić information content (AvgIpc) is 3.60. The molecular formula is C65H126O17P2. The molecule has 84 heavy (non-hydrogen) atoms. The topological polar surface area (TPSA) is 237 Å². The lowest BCUT2D eigenvalue weighted by atomic mass is 10.0. The molecule has 5 atom stereocenters. The molecule has 0 bridgehead atoms. The summed E-state index contributed by atoms with van der Waals surface area (Å²) in [6.45, 7) is 9.42. The van der Waals surface area contributed by atoms with Crippen LogP contribution in [0, 0.1) is 11.8 Å². The Kier molecular flexibility index (Phi) is 56.2. The van der Waals surface area contributed by atoms with E-state index in [4.69, 9.17) is 37.0 Å². The van der Waals surface area contributed by atoms with E-state index in [2.05, 4.69) is 41.5 Å². The van der Waals surface area contributed by atoms with Gasteiger partial charge in [0.1, 0.15) is 19.3 Å². The number of carbonyl (C=O) groups excluding carboxylic acids is 4. The molecule has 0 aromatic heterocycles. The van der Waals surface area contributed by atoms with E-state index in [-0.39, 0.29) is 25.7 Å². The highest BCUT2D eigenvalue weighted by molar-refractivity contribution is 7.47. The van der Waals surface area contributed by atoms with E-state index < -0.39 is 97.5 Å². The molecule has 0 saturated heterocycles. The molecular weight excluding hydrogens is 1110 g/mol. The van der Waals surface area contributed by atoms with Crippen molar-refractivity contribution in [2.45, 2.75) is 342 Å². The Morgan fingerprint density at radius 3 is 0.810 bits per heavy atom. The molecule has 0 aromatic rings. The maximum atomic E-state index is 13.0. The van der Waals surface area contributed by atoms with Gasteiger partial charge in [0.2, 0.25) is 0 Å². The number of phosphoric acid groups is 2. The number of aliphatic hydroxyl groups is 1. The Morgan fingerprint density at radius 2 is 0.548 bits per heavy atom. The second-order valence-corrected chi connectivity index (χ2v) is 27.4. The fourth-order valence-corrected chi connectivity index (χ4v) is 11.3. The molecule has 2 unspecified atom stereocenters. The molecule has 498 valence electrons. The van der Waals surface area contributed by atoms with Gasteiger partial charge in [-0.3, -0.25) is 37.3 Å². The van der Waals surface area contributed by atoms with Crippen LogP contribution in [0.3, 0.4) is 0 Å². The van der Waals surface area contributed by atoms with Gasteiger partial charge in [-0.25, -0.2) is 9.13 Å². The molecule has 19 heteroatoms. The molecule has 0 rings (SSSR count). The summed E-state index contributed by atoms with van der Waals surface area (Å²) in [5, 5.41) is 10.5. The first-order chi connectivity index (χ1) is 40.4. The number of hydrogen-bond donors (Lipinski definition) is 3. The lowest BCUT2D eigenvalue weighted by Gasteiger charge is -2.21. The van der Waals surface area contributed by atoms with E-state index in [0.29, 0.717) is 25.7 Å². The standard InChI is InChI=1S/C65H126O17P2/c1-7-9-11-13-15-16-17-18-19-23-30-36-42-48-63(68)76-54-61(81-64(69)49-43-37-31-24-21-20-22-28-33-39-45-57(3)4)56-80-84(73,74)78-52-59(66)51-77-83(71,72)79-55-60(53-75-62(67)47-41-35-27-14-12-10-8-2)82-65(70)50-44-38-32-26-25-29-34-40-46-58(5)6/h57-61,66H,7-56H2,1-6H3,(H,71,72)(H,73,74)/t59-,60+,61+/m0/s1. The smallest absolute Gasteiger partial charge is 0.462 e. The van der Waals surface area contributed by atoms with Crippen molar-refractivity contribution in [1.29, 1.82) is 0 Å². The summed E-state index contributed by atoms with van der Waals surface area (Å²) < 4.78 is 68.0. The SMILES string of the molecule is CCCCCCCCCCCCCCCC(=O)OC[C@H](COP(=O)(O)OC[C@@H](O)COP(=O)(O)OC[C@@H](COC(=O)CCCCCCCCC)OC(=O)CCCCCCCCCCC(C)C)OC(=O)CCCCCCCCCCCCC(C)C. The first-order valence-electron chi connectivity index (χ1n) is 34.0. The van der Waals surface area contributed by atoms with Gasteiger partial charge in [-0.2, -0.15) is 0 Å². The molecule has 17 nitrogen and oxygen atoms in total. The fourth-order valence-electron chi connectivity index (χ4n) is 9.71. The molecule has 0 radical (unpaired) electrons. The molecule has 0 aliphatic carbocycles. The van der Waals surface area contributed by atoms with Gasteiger partial charge < -0.3 is 33.8 Å². The summed E-state index contributed by atoms with van der Waals surface area (Å²) in [6.07, 6.45) is 40.4. The Balaban J connectivity index is 5.22. The first kappa shape index (κ1) is 82.1. The van der Waals surface area contributed by atoms with E-state index in [9.17, 15) is 43.2 Å². The third-order valence-electron chi connectivity index (χ3n) is 15.0. The lowest BCUT2D eigenvalue weighted by molar-refractivity contribution is -0.161. The van der Waals surface area contributed by atoms with Crippen LogP contribution >= 0.6 is 15.6 Å². The van der Waals surface area contributed by atoms with Crippen molar-refractivity contribution in [2.24, 2.45) is 11.8 Å². The monoisotopic (exact) mass is 1240 g/mol. The van der Waals surface area contributed by atoms with Crippen LogP contribution in [0.15, 0.2) is 0 Å². The van der Waals surface area contributed by atoms with Gasteiger partial charge >= 0.3 is 39.5 Å². The van der Waals surface area contributed by atoms with Crippen LogP contribution in [0.4, 0.5) is 0 Å². The quantitative estimate of drug-likeness (QED) is 0.0222. The van der Waals surface area contributed by atoms with Gasteiger partial charge in [0.05, 0.1) is 26.4 Å². The van der Waals surface area contributed by atoms with Crippen LogP contribution in [0.25, 0.3) is 0 Å². The Hall–Kier alpha value is -1.94. The third-order valence-corrected chi connectivity index (χ3v) is 16.9. The van der Waals surface area contributed by atoms with Crippen LogP contribution in [-0.4, -0.2) is 96.7 Å². The van der Waals surface area contributed by atoms with Gasteiger partial charge in [-0.15, -0.1) is 0 Å². The van der Waals surface area contributed by atoms with E-state index in [1.807, 2.05) is 0 Å². The largest absolute Gasteiger partial charge is 0.472 e. The Labute approximate surface area is 511 Å². The van der Waals surface area contributed by atoms with Crippen molar-refractivity contribution in [1.82, 2.24) is 0 Å². The summed E-state index contributed by atoms with van der Waals surface area (Å²) in [5.41, 5.74) is 0. The maximum absolute atomic E-state index is 13.0. The summed E-state index contributed by atoms with van der Waals surface area (Å²) in [5.74, 6) is -0.666. The third kappa shape index (κ3) is 59.0. The molecule has 0 aliphatic rings. The van der Waals surface area contributed by atoms with E-state index in [1.54, 1.807) is 0 Å².